The van der Waals surface area contributed by atoms with Crippen molar-refractivity contribution in [3.63, 3.8) is 0 Å². The summed E-state index contributed by atoms with van der Waals surface area (Å²) in [7, 11) is 0. The first kappa shape index (κ1) is 13.7. The lowest BCUT2D eigenvalue weighted by Crippen LogP contribution is -2.20. The molecule has 0 unspecified atom stereocenters. The van der Waals surface area contributed by atoms with Crippen LogP contribution in [0.25, 0.3) is 0 Å². The van der Waals surface area contributed by atoms with Crippen LogP contribution >= 0.6 is 0 Å². The fraction of sp³-hybridized carbons (Fsp3) is 0.467. The zero-order valence-electron chi connectivity index (χ0n) is 10.9. The van der Waals surface area contributed by atoms with E-state index in [4.69, 9.17) is 4.74 Å². The van der Waals surface area contributed by atoms with Crippen LogP contribution in [0.5, 0.6) is 0 Å². The first-order valence-corrected chi connectivity index (χ1v) is 6.72. The Balaban J connectivity index is 1.72. The first-order valence-electron chi connectivity index (χ1n) is 6.72. The largest absolute Gasteiger partial charge is 0.374 e. The molecular formula is C15H19NO3. The summed E-state index contributed by atoms with van der Waals surface area (Å²) in [5.74, 6) is 0.635. The molecule has 4 nitrogen and oxygen atoms in total. The molecule has 1 fully saturated rings. The Kier molecular flexibility index (Phi) is 5.10. The summed E-state index contributed by atoms with van der Waals surface area (Å²) in [6.07, 6.45) is 6.98. The number of ether oxygens (including phenoxy) is 1. The summed E-state index contributed by atoms with van der Waals surface area (Å²) in [6, 6.07) is 10.6. The van der Waals surface area contributed by atoms with E-state index in [-0.39, 0.29) is 6.10 Å². The maximum Gasteiger partial charge on any atom is 0.232 e. The van der Waals surface area contributed by atoms with Crippen molar-refractivity contribution >= 4 is 0 Å². The van der Waals surface area contributed by atoms with Crippen LogP contribution in [-0.4, -0.2) is 17.6 Å². The summed E-state index contributed by atoms with van der Waals surface area (Å²) in [5, 5.41) is 10.1. The highest BCUT2D eigenvalue weighted by atomic mass is 16.6. The normalized spacial score (nSPS) is 23.6. The van der Waals surface area contributed by atoms with Crippen molar-refractivity contribution in [2.24, 2.45) is 0 Å². The van der Waals surface area contributed by atoms with Crippen LogP contribution in [0, 0.1) is 10.1 Å². The second-order valence-corrected chi connectivity index (χ2v) is 4.89. The highest BCUT2D eigenvalue weighted by molar-refractivity contribution is 5.19. The predicted octanol–water partition coefficient (Wildman–Crippen LogP) is 3.52. The minimum Gasteiger partial charge on any atom is -0.374 e. The topological polar surface area (TPSA) is 52.4 Å². The van der Waals surface area contributed by atoms with Gasteiger partial charge in [0.15, 0.2) is 0 Å². The van der Waals surface area contributed by atoms with Crippen molar-refractivity contribution < 1.29 is 9.66 Å². The van der Waals surface area contributed by atoms with Gasteiger partial charge in [0.2, 0.25) is 6.20 Å². The van der Waals surface area contributed by atoms with Gasteiger partial charge < -0.3 is 4.74 Å². The van der Waals surface area contributed by atoms with E-state index in [1.165, 1.54) is 11.6 Å². The number of hydrogen-bond donors (Lipinski definition) is 0. The van der Waals surface area contributed by atoms with E-state index in [0.717, 1.165) is 31.9 Å². The van der Waals surface area contributed by atoms with Crippen LogP contribution in [-0.2, 0) is 4.74 Å². The molecule has 1 aromatic rings. The van der Waals surface area contributed by atoms with Gasteiger partial charge in [0.1, 0.15) is 0 Å². The molecule has 0 bridgehead atoms. The summed E-state index contributed by atoms with van der Waals surface area (Å²) in [6.45, 7) is 0.335. The van der Waals surface area contributed by atoms with Gasteiger partial charge in [-0.15, -0.1) is 0 Å². The maximum atomic E-state index is 10.1. The van der Waals surface area contributed by atoms with Crippen molar-refractivity contribution in [1.82, 2.24) is 0 Å². The fourth-order valence-electron chi connectivity index (χ4n) is 2.61. The number of hydrogen-bond acceptors (Lipinski definition) is 3. The molecular weight excluding hydrogens is 242 g/mol. The van der Waals surface area contributed by atoms with Crippen LogP contribution in [0.4, 0.5) is 0 Å². The number of nitro groups is 1. The van der Waals surface area contributed by atoms with Gasteiger partial charge in [-0.2, -0.15) is 0 Å². The summed E-state index contributed by atoms with van der Waals surface area (Å²) in [4.78, 5) is 9.65. The molecule has 4 heteroatoms. The lowest BCUT2D eigenvalue weighted by molar-refractivity contribution is -0.402. The van der Waals surface area contributed by atoms with Crippen molar-refractivity contribution in [3.8, 4) is 0 Å². The summed E-state index contributed by atoms with van der Waals surface area (Å²) in [5.41, 5.74) is 1.41. The van der Waals surface area contributed by atoms with E-state index in [9.17, 15) is 10.1 Å². The zero-order valence-corrected chi connectivity index (χ0v) is 10.9. The van der Waals surface area contributed by atoms with Gasteiger partial charge in [0.05, 0.1) is 17.6 Å². The smallest absolute Gasteiger partial charge is 0.232 e. The van der Waals surface area contributed by atoms with E-state index < -0.39 is 4.92 Å². The molecule has 1 saturated carbocycles. The van der Waals surface area contributed by atoms with Crippen molar-refractivity contribution in [1.29, 1.82) is 0 Å². The Morgan fingerprint density at radius 2 is 1.89 bits per heavy atom. The Labute approximate surface area is 113 Å². The van der Waals surface area contributed by atoms with Gasteiger partial charge in [0.25, 0.3) is 0 Å². The molecule has 0 amide bonds. The van der Waals surface area contributed by atoms with Crippen molar-refractivity contribution in [2.75, 3.05) is 6.61 Å². The van der Waals surface area contributed by atoms with E-state index in [1.807, 2.05) is 6.07 Å². The molecule has 0 aromatic heterocycles. The van der Waals surface area contributed by atoms with Gasteiger partial charge in [0, 0.05) is 6.08 Å². The average Bonchev–Trinajstić information content (AvgIpc) is 2.45. The van der Waals surface area contributed by atoms with Crippen LogP contribution in [0.2, 0.25) is 0 Å². The quantitative estimate of drug-likeness (QED) is 0.602. The Morgan fingerprint density at radius 1 is 1.21 bits per heavy atom. The van der Waals surface area contributed by atoms with E-state index in [2.05, 4.69) is 24.3 Å². The molecule has 0 saturated heterocycles. The van der Waals surface area contributed by atoms with Gasteiger partial charge in [-0.25, -0.2) is 0 Å². The monoisotopic (exact) mass is 261 g/mol. The molecule has 0 atom stereocenters. The molecule has 0 N–H and O–H groups in total. The average molecular weight is 261 g/mol. The van der Waals surface area contributed by atoms with E-state index >= 15 is 0 Å². The second kappa shape index (κ2) is 7.04. The molecule has 19 heavy (non-hydrogen) atoms. The minimum absolute atomic E-state index is 0.247. The van der Waals surface area contributed by atoms with Gasteiger partial charge in [-0.05, 0) is 37.2 Å². The van der Waals surface area contributed by atoms with Crippen LogP contribution in [0.15, 0.2) is 42.6 Å². The van der Waals surface area contributed by atoms with Gasteiger partial charge in [-0.3, -0.25) is 10.1 Å². The highest BCUT2D eigenvalue weighted by Gasteiger charge is 2.22. The number of benzene rings is 1. The standard InChI is InChI=1S/C15H19NO3/c17-16(18)11-4-12-19-15-9-7-14(8-10-15)13-5-2-1-3-6-13/h1-6,11,14-15H,7-10,12H2/b11-4+/t14-,15+. The fourth-order valence-corrected chi connectivity index (χ4v) is 2.61. The van der Waals surface area contributed by atoms with Gasteiger partial charge in [-0.1, -0.05) is 30.3 Å². The third-order valence-corrected chi connectivity index (χ3v) is 3.60. The molecule has 0 heterocycles. The number of rotatable bonds is 5. The first-order chi connectivity index (χ1) is 9.25. The Hall–Kier alpha value is -1.68. The molecule has 1 aliphatic carbocycles. The van der Waals surface area contributed by atoms with Gasteiger partial charge >= 0.3 is 0 Å². The molecule has 1 aromatic carbocycles. The second-order valence-electron chi connectivity index (χ2n) is 4.89. The Morgan fingerprint density at radius 3 is 2.53 bits per heavy atom. The lowest BCUT2D eigenvalue weighted by atomic mass is 9.83. The van der Waals surface area contributed by atoms with Crippen LogP contribution in [0.3, 0.4) is 0 Å². The SMILES string of the molecule is O=[N+]([O-])/C=C/CO[C@H]1CC[C@@H](c2ccccc2)CC1. The van der Waals surface area contributed by atoms with Crippen molar-refractivity contribution in [3.05, 3.63) is 58.3 Å². The predicted molar refractivity (Wildman–Crippen MR) is 73.5 cm³/mol. The summed E-state index contributed by atoms with van der Waals surface area (Å²) < 4.78 is 5.63. The molecule has 0 aliphatic heterocycles. The zero-order chi connectivity index (χ0) is 13.5. The molecule has 0 spiro atoms. The third-order valence-electron chi connectivity index (χ3n) is 3.60. The van der Waals surface area contributed by atoms with Crippen LogP contribution in [0.1, 0.15) is 37.2 Å². The third kappa shape index (κ3) is 4.48. The lowest BCUT2D eigenvalue weighted by Gasteiger charge is -2.28. The molecule has 0 radical (unpaired) electrons. The molecule has 2 rings (SSSR count). The van der Waals surface area contributed by atoms with E-state index in [1.54, 1.807) is 0 Å². The maximum absolute atomic E-state index is 10.1. The number of nitrogens with zero attached hydrogens (tertiary/aromatic N) is 1. The Bertz CT molecular complexity index is 422. The molecule has 1 aliphatic rings. The minimum atomic E-state index is -0.463. The highest BCUT2D eigenvalue weighted by Crippen LogP contribution is 2.33. The van der Waals surface area contributed by atoms with Crippen molar-refractivity contribution in [2.45, 2.75) is 37.7 Å². The van der Waals surface area contributed by atoms with E-state index in [0.29, 0.717) is 12.5 Å². The van der Waals surface area contributed by atoms with Crippen LogP contribution < -0.4 is 0 Å². The molecule has 102 valence electrons. The summed E-state index contributed by atoms with van der Waals surface area (Å²) >= 11 is 0.